The molecule has 0 amide bonds. The Hall–Kier alpha value is -3.49. The molecular formula is C22H16ClN3O4S. The van der Waals surface area contributed by atoms with Crippen LogP contribution in [0, 0.1) is 10.1 Å². The Balaban J connectivity index is 1.38. The molecule has 3 aromatic heterocycles. The van der Waals surface area contributed by atoms with Crippen LogP contribution in [0.5, 0.6) is 0 Å². The number of ketones is 1. The van der Waals surface area contributed by atoms with Crippen molar-refractivity contribution in [2.75, 3.05) is 0 Å². The Labute approximate surface area is 186 Å². The molecule has 31 heavy (non-hydrogen) atoms. The third-order valence-electron chi connectivity index (χ3n) is 4.40. The lowest BCUT2D eigenvalue weighted by Crippen LogP contribution is -2.00. The number of rotatable bonds is 8. The van der Waals surface area contributed by atoms with Crippen LogP contribution in [-0.2, 0) is 13.0 Å². The molecule has 0 aliphatic heterocycles. The molecule has 1 aromatic carbocycles. The number of allylic oxidation sites excluding steroid dienone is 1. The zero-order chi connectivity index (χ0) is 21.8. The summed E-state index contributed by atoms with van der Waals surface area (Å²) in [6, 6.07) is 17.3. The molecule has 0 fully saturated rings. The summed E-state index contributed by atoms with van der Waals surface area (Å²) in [5.74, 6) is 0.526. The van der Waals surface area contributed by atoms with E-state index < -0.39 is 10.7 Å². The fourth-order valence-corrected chi connectivity index (χ4v) is 4.14. The number of furan rings is 1. The van der Waals surface area contributed by atoms with Gasteiger partial charge in [-0.1, -0.05) is 41.9 Å². The molecule has 0 radical (unpaired) electrons. The van der Waals surface area contributed by atoms with Crippen molar-refractivity contribution in [1.29, 1.82) is 0 Å². The van der Waals surface area contributed by atoms with Gasteiger partial charge in [0.1, 0.15) is 18.1 Å². The molecule has 156 valence electrons. The fraction of sp³-hybridized carbons (Fsp3) is 0.0909. The van der Waals surface area contributed by atoms with E-state index in [0.29, 0.717) is 16.4 Å². The highest BCUT2D eigenvalue weighted by molar-refractivity contribution is 7.14. The largest absolute Gasteiger partial charge is 0.460 e. The Morgan fingerprint density at radius 2 is 2.00 bits per heavy atom. The average Bonchev–Trinajstić information content (AvgIpc) is 3.48. The minimum absolute atomic E-state index is 0.0372. The maximum absolute atomic E-state index is 12.5. The molecule has 0 bridgehead atoms. The number of carbonyl (C=O) groups is 1. The monoisotopic (exact) mass is 453 g/mol. The number of nitrogens with zero attached hydrogens (tertiary/aromatic N) is 3. The molecule has 0 unspecified atom stereocenters. The number of hydrogen-bond donors (Lipinski definition) is 0. The highest BCUT2D eigenvalue weighted by Gasteiger charge is 2.19. The standard InChI is InChI=1S/C22H16ClN3O4S/c23-19-14-25(24-22(19)26(28)29)13-17-7-6-16(30-17)8-10-20(27)21-11-9-18(31-21)12-15-4-2-1-3-5-15/h1-11,14H,12-13H2/b10-8+. The van der Waals surface area contributed by atoms with Gasteiger partial charge in [0.05, 0.1) is 16.2 Å². The highest BCUT2D eigenvalue weighted by Crippen LogP contribution is 2.23. The summed E-state index contributed by atoms with van der Waals surface area (Å²) in [6.45, 7) is 0.184. The van der Waals surface area contributed by atoms with E-state index in [1.165, 1.54) is 33.9 Å². The summed E-state index contributed by atoms with van der Waals surface area (Å²) in [4.78, 5) is 24.4. The van der Waals surface area contributed by atoms with E-state index in [9.17, 15) is 14.9 Å². The van der Waals surface area contributed by atoms with Crippen LogP contribution >= 0.6 is 22.9 Å². The van der Waals surface area contributed by atoms with Crippen molar-refractivity contribution in [2.24, 2.45) is 0 Å². The SMILES string of the molecule is O=C(/C=C/c1ccc(Cn2cc(Cl)c([N+](=O)[O-])n2)o1)c1ccc(Cc2ccccc2)s1. The second kappa shape index (κ2) is 9.11. The molecule has 0 saturated heterocycles. The van der Waals surface area contributed by atoms with E-state index in [2.05, 4.69) is 17.2 Å². The molecule has 9 heteroatoms. The van der Waals surface area contributed by atoms with Crippen LogP contribution in [0.25, 0.3) is 6.08 Å². The van der Waals surface area contributed by atoms with Crippen molar-refractivity contribution in [3.8, 4) is 0 Å². The van der Waals surface area contributed by atoms with Gasteiger partial charge in [-0.25, -0.2) is 0 Å². The van der Waals surface area contributed by atoms with Gasteiger partial charge in [0, 0.05) is 11.3 Å². The van der Waals surface area contributed by atoms with Crippen molar-refractivity contribution in [3.05, 3.63) is 109 Å². The van der Waals surface area contributed by atoms with Gasteiger partial charge >= 0.3 is 5.82 Å². The predicted octanol–water partition coefficient (Wildman–Crippen LogP) is 5.63. The Kier molecular flexibility index (Phi) is 6.11. The maximum Gasteiger partial charge on any atom is 0.408 e. The number of carbonyl (C=O) groups excluding carboxylic acids is 1. The summed E-state index contributed by atoms with van der Waals surface area (Å²) < 4.78 is 6.99. The van der Waals surface area contributed by atoms with Gasteiger partial charge in [-0.05, 0) is 46.9 Å². The van der Waals surface area contributed by atoms with Gasteiger partial charge in [0.2, 0.25) is 0 Å². The third kappa shape index (κ3) is 5.17. The van der Waals surface area contributed by atoms with Gasteiger partial charge in [-0.3, -0.25) is 4.79 Å². The molecule has 0 saturated carbocycles. The van der Waals surface area contributed by atoms with Gasteiger partial charge < -0.3 is 14.5 Å². The molecule has 0 aliphatic rings. The van der Waals surface area contributed by atoms with Crippen molar-refractivity contribution in [2.45, 2.75) is 13.0 Å². The Morgan fingerprint density at radius 1 is 1.19 bits per heavy atom. The molecule has 3 heterocycles. The Morgan fingerprint density at radius 3 is 2.74 bits per heavy atom. The first-order valence-electron chi connectivity index (χ1n) is 9.29. The first-order chi connectivity index (χ1) is 15.0. The van der Waals surface area contributed by atoms with Crippen molar-refractivity contribution in [3.63, 3.8) is 0 Å². The first-order valence-corrected chi connectivity index (χ1v) is 10.5. The third-order valence-corrected chi connectivity index (χ3v) is 5.76. The molecule has 0 spiro atoms. The van der Waals surface area contributed by atoms with Crippen LogP contribution in [0.2, 0.25) is 5.02 Å². The van der Waals surface area contributed by atoms with Crippen molar-refractivity contribution < 1.29 is 14.1 Å². The molecule has 0 atom stereocenters. The summed E-state index contributed by atoms with van der Waals surface area (Å²) in [6.07, 6.45) is 5.22. The number of thiophene rings is 1. The average molecular weight is 454 g/mol. The second-order valence-electron chi connectivity index (χ2n) is 6.69. The van der Waals surface area contributed by atoms with Crippen LogP contribution in [-0.4, -0.2) is 20.5 Å². The lowest BCUT2D eigenvalue weighted by molar-refractivity contribution is -0.389. The topological polar surface area (TPSA) is 91.2 Å². The molecular weight excluding hydrogens is 438 g/mol. The summed E-state index contributed by atoms with van der Waals surface area (Å²) >= 11 is 7.27. The molecule has 0 aliphatic carbocycles. The van der Waals surface area contributed by atoms with E-state index in [-0.39, 0.29) is 17.4 Å². The van der Waals surface area contributed by atoms with E-state index in [1.807, 2.05) is 30.3 Å². The van der Waals surface area contributed by atoms with E-state index in [1.54, 1.807) is 18.2 Å². The lowest BCUT2D eigenvalue weighted by atomic mass is 10.1. The smallest absolute Gasteiger partial charge is 0.408 e. The molecule has 4 rings (SSSR count). The summed E-state index contributed by atoms with van der Waals surface area (Å²) in [5, 5.41) is 14.6. The van der Waals surface area contributed by atoms with E-state index in [4.69, 9.17) is 16.0 Å². The zero-order valence-electron chi connectivity index (χ0n) is 16.1. The highest BCUT2D eigenvalue weighted by atomic mass is 35.5. The number of nitro groups is 1. The fourth-order valence-electron chi connectivity index (χ4n) is 2.96. The number of halogens is 1. The van der Waals surface area contributed by atoms with E-state index >= 15 is 0 Å². The van der Waals surface area contributed by atoms with Gasteiger partial charge in [0.25, 0.3) is 0 Å². The van der Waals surface area contributed by atoms with Crippen LogP contribution in [0.1, 0.15) is 31.6 Å². The van der Waals surface area contributed by atoms with Crippen LogP contribution in [0.3, 0.4) is 0 Å². The Bertz CT molecular complexity index is 1260. The van der Waals surface area contributed by atoms with Gasteiger partial charge in [-0.2, -0.15) is 4.68 Å². The summed E-state index contributed by atoms with van der Waals surface area (Å²) in [5.41, 5.74) is 1.20. The molecule has 0 N–H and O–H groups in total. The zero-order valence-corrected chi connectivity index (χ0v) is 17.7. The van der Waals surface area contributed by atoms with Crippen LogP contribution in [0.4, 0.5) is 5.82 Å². The minimum Gasteiger partial charge on any atom is -0.460 e. The number of aromatic nitrogens is 2. The number of benzene rings is 1. The van der Waals surface area contributed by atoms with Gasteiger partial charge in [-0.15, -0.1) is 11.3 Å². The van der Waals surface area contributed by atoms with E-state index in [0.717, 1.165) is 11.3 Å². The summed E-state index contributed by atoms with van der Waals surface area (Å²) in [7, 11) is 0. The van der Waals surface area contributed by atoms with Crippen molar-refractivity contribution in [1.82, 2.24) is 9.78 Å². The van der Waals surface area contributed by atoms with Crippen LogP contribution in [0.15, 0.2) is 71.3 Å². The van der Waals surface area contributed by atoms with Crippen LogP contribution < -0.4 is 0 Å². The van der Waals surface area contributed by atoms with Crippen molar-refractivity contribution >= 4 is 40.6 Å². The second-order valence-corrected chi connectivity index (χ2v) is 8.26. The number of hydrogen-bond acceptors (Lipinski definition) is 6. The minimum atomic E-state index is -0.642. The molecule has 7 nitrogen and oxygen atoms in total. The quantitative estimate of drug-likeness (QED) is 0.149. The first kappa shape index (κ1) is 20.8. The predicted molar refractivity (Wildman–Crippen MR) is 119 cm³/mol. The molecule has 4 aromatic rings. The lowest BCUT2D eigenvalue weighted by Gasteiger charge is -1.96. The normalized spacial score (nSPS) is 11.3. The van der Waals surface area contributed by atoms with Gasteiger partial charge in [0.15, 0.2) is 10.8 Å². The maximum atomic E-state index is 12.5.